The first-order chi connectivity index (χ1) is 13.6. The topological polar surface area (TPSA) is 12.0 Å². The van der Waals surface area contributed by atoms with Crippen LogP contribution in [0.1, 0.15) is 42.9 Å². The Morgan fingerprint density at radius 1 is 0.786 bits per heavy atom. The van der Waals surface area contributed by atoms with Crippen molar-refractivity contribution in [3.63, 3.8) is 0 Å². The highest BCUT2D eigenvalue weighted by Crippen LogP contribution is 2.49. The van der Waals surface area contributed by atoms with Crippen LogP contribution in [0.25, 0.3) is 11.1 Å². The number of rotatable bonds is 3. The van der Waals surface area contributed by atoms with Crippen LogP contribution in [0.5, 0.6) is 0 Å². The molecule has 3 aromatic carbocycles. The lowest BCUT2D eigenvalue weighted by Crippen LogP contribution is -2.15. The minimum atomic E-state index is 0.0360. The average Bonchev–Trinajstić information content (AvgIpc) is 2.97. The van der Waals surface area contributed by atoms with Gasteiger partial charge in [0.1, 0.15) is 0 Å². The number of fused-ring (bicyclic) bond motifs is 3. The zero-order valence-electron chi connectivity index (χ0n) is 16.4. The second-order valence-electron chi connectivity index (χ2n) is 8.33. The monoisotopic (exact) mass is 363 g/mol. The Balaban J connectivity index is 1.41. The third-order valence-corrected chi connectivity index (χ3v) is 6.19. The lowest BCUT2D eigenvalue weighted by Gasteiger charge is -2.22. The Bertz CT molecular complexity index is 1080. The average molecular weight is 364 g/mol. The molecule has 0 fully saturated rings. The third-order valence-electron chi connectivity index (χ3n) is 6.19. The van der Waals surface area contributed by atoms with E-state index in [2.05, 4.69) is 110 Å². The van der Waals surface area contributed by atoms with Gasteiger partial charge in [0.2, 0.25) is 0 Å². The molecule has 1 heteroatoms. The molecule has 28 heavy (non-hydrogen) atoms. The predicted molar refractivity (Wildman–Crippen MR) is 119 cm³/mol. The molecule has 0 aliphatic heterocycles. The van der Waals surface area contributed by atoms with Gasteiger partial charge >= 0.3 is 0 Å². The fraction of sp³-hybridized carbons (Fsp3) is 0.185. The largest absolute Gasteiger partial charge is 0.356 e. The van der Waals surface area contributed by atoms with Crippen molar-refractivity contribution >= 4 is 11.4 Å². The van der Waals surface area contributed by atoms with Crippen molar-refractivity contribution < 1.29 is 0 Å². The molecule has 1 nitrogen and oxygen atoms in total. The molecule has 0 amide bonds. The molecule has 1 atom stereocenters. The van der Waals surface area contributed by atoms with Crippen molar-refractivity contribution in [1.29, 1.82) is 0 Å². The zero-order valence-corrected chi connectivity index (χ0v) is 16.4. The van der Waals surface area contributed by atoms with Crippen LogP contribution >= 0.6 is 0 Å². The van der Waals surface area contributed by atoms with E-state index < -0.39 is 0 Å². The van der Waals surface area contributed by atoms with Gasteiger partial charge in [-0.05, 0) is 58.5 Å². The molecule has 2 aliphatic rings. The summed E-state index contributed by atoms with van der Waals surface area (Å²) in [6, 6.07) is 24.4. The smallest absolute Gasteiger partial charge is 0.0387 e. The highest BCUT2D eigenvalue weighted by Gasteiger charge is 2.35. The number of allylic oxidation sites excluding steroid dienone is 4. The first-order valence-corrected chi connectivity index (χ1v) is 10.1. The molecule has 1 N–H and O–H groups in total. The third kappa shape index (κ3) is 2.79. The molecule has 3 aromatic rings. The van der Waals surface area contributed by atoms with Crippen LogP contribution in [0, 0.1) is 0 Å². The molecule has 0 saturated heterocycles. The summed E-state index contributed by atoms with van der Waals surface area (Å²) >= 11 is 0. The van der Waals surface area contributed by atoms with E-state index in [1.165, 1.54) is 27.8 Å². The summed E-state index contributed by atoms with van der Waals surface area (Å²) in [5, 5.41) is 3.60. The van der Waals surface area contributed by atoms with Gasteiger partial charge in [0.05, 0.1) is 0 Å². The summed E-state index contributed by atoms with van der Waals surface area (Å²) in [4.78, 5) is 0. The maximum atomic E-state index is 3.60. The van der Waals surface area contributed by atoms with Crippen molar-refractivity contribution in [3.05, 3.63) is 108 Å². The predicted octanol–water partition coefficient (Wildman–Crippen LogP) is 7.34. The minimum Gasteiger partial charge on any atom is -0.356 e. The van der Waals surface area contributed by atoms with Gasteiger partial charge in [-0.25, -0.2) is 0 Å². The van der Waals surface area contributed by atoms with E-state index in [0.29, 0.717) is 5.92 Å². The number of hydrogen-bond donors (Lipinski definition) is 1. The van der Waals surface area contributed by atoms with Crippen LogP contribution in [-0.4, -0.2) is 0 Å². The summed E-state index contributed by atoms with van der Waals surface area (Å²) in [6.07, 6.45) is 9.87. The molecule has 0 bridgehead atoms. The van der Waals surface area contributed by atoms with E-state index in [1.807, 2.05) is 0 Å². The molecule has 5 rings (SSSR count). The lowest BCUT2D eigenvalue weighted by atomic mass is 9.82. The van der Waals surface area contributed by atoms with Gasteiger partial charge in [0.25, 0.3) is 0 Å². The minimum absolute atomic E-state index is 0.0360. The lowest BCUT2D eigenvalue weighted by molar-refractivity contribution is 0.660. The summed E-state index contributed by atoms with van der Waals surface area (Å²) in [7, 11) is 0. The maximum absolute atomic E-state index is 3.60. The van der Waals surface area contributed by atoms with Crippen LogP contribution in [0.15, 0.2) is 91.0 Å². The highest BCUT2D eigenvalue weighted by molar-refractivity contribution is 5.82. The maximum Gasteiger partial charge on any atom is 0.0387 e. The van der Waals surface area contributed by atoms with Crippen LogP contribution in [0.4, 0.5) is 11.4 Å². The Morgan fingerprint density at radius 3 is 2.32 bits per heavy atom. The summed E-state index contributed by atoms with van der Waals surface area (Å²) < 4.78 is 0. The van der Waals surface area contributed by atoms with Crippen molar-refractivity contribution in [2.45, 2.75) is 31.6 Å². The van der Waals surface area contributed by atoms with Gasteiger partial charge in [0.15, 0.2) is 0 Å². The summed E-state index contributed by atoms with van der Waals surface area (Å²) in [5.41, 5.74) is 9.23. The van der Waals surface area contributed by atoms with Crippen LogP contribution in [0.3, 0.4) is 0 Å². The standard InChI is InChI=1S/C27H25N/c1-27(2)25-11-7-6-10-23(25)24-17-16-22(18-26(24)27)28-21-14-12-20(13-15-21)19-8-4-3-5-9-19/h3-8,10-19,28H,9H2,1-2H3. The van der Waals surface area contributed by atoms with Crippen molar-refractivity contribution in [2.24, 2.45) is 0 Å². The number of benzene rings is 3. The second kappa shape index (κ2) is 6.53. The van der Waals surface area contributed by atoms with Gasteiger partial charge in [-0.15, -0.1) is 0 Å². The molecule has 0 saturated carbocycles. The van der Waals surface area contributed by atoms with E-state index in [0.717, 1.165) is 17.8 Å². The van der Waals surface area contributed by atoms with Gasteiger partial charge in [0, 0.05) is 22.7 Å². The Hall–Kier alpha value is -3.06. The Kier molecular flexibility index (Phi) is 3.98. The zero-order chi connectivity index (χ0) is 19.1. The SMILES string of the molecule is CC1(C)c2ccccc2-c2ccc(Nc3ccc(C4C=CC=CC4)cc3)cc21. The van der Waals surface area contributed by atoms with Gasteiger partial charge in [-0.2, -0.15) is 0 Å². The molecule has 0 spiro atoms. The molecule has 0 radical (unpaired) electrons. The summed E-state index contributed by atoms with van der Waals surface area (Å²) in [5.74, 6) is 0.498. The number of anilines is 2. The molecule has 1 unspecified atom stereocenters. The van der Waals surface area contributed by atoms with Gasteiger partial charge < -0.3 is 5.32 Å². The van der Waals surface area contributed by atoms with E-state index in [1.54, 1.807) is 0 Å². The van der Waals surface area contributed by atoms with Gasteiger partial charge in [-0.3, -0.25) is 0 Å². The molecule has 138 valence electrons. The van der Waals surface area contributed by atoms with E-state index in [-0.39, 0.29) is 5.41 Å². The Morgan fingerprint density at radius 2 is 1.54 bits per heavy atom. The van der Waals surface area contributed by atoms with Gasteiger partial charge in [-0.1, -0.05) is 80.6 Å². The molecular weight excluding hydrogens is 338 g/mol. The first kappa shape index (κ1) is 17.1. The molecule has 0 aromatic heterocycles. The fourth-order valence-corrected chi connectivity index (χ4v) is 4.59. The summed E-state index contributed by atoms with van der Waals surface area (Å²) in [6.45, 7) is 4.64. The van der Waals surface area contributed by atoms with E-state index in [4.69, 9.17) is 0 Å². The van der Waals surface area contributed by atoms with E-state index in [9.17, 15) is 0 Å². The van der Waals surface area contributed by atoms with E-state index >= 15 is 0 Å². The fourth-order valence-electron chi connectivity index (χ4n) is 4.59. The Labute approximate surface area is 167 Å². The van der Waals surface area contributed by atoms with Crippen LogP contribution < -0.4 is 5.32 Å². The highest BCUT2D eigenvalue weighted by atomic mass is 14.9. The number of nitrogens with one attached hydrogen (secondary N) is 1. The molecule has 0 heterocycles. The molecular formula is C27H25N. The van der Waals surface area contributed by atoms with Crippen LogP contribution in [0.2, 0.25) is 0 Å². The van der Waals surface area contributed by atoms with Crippen molar-refractivity contribution in [1.82, 2.24) is 0 Å². The quantitative estimate of drug-likeness (QED) is 0.513. The number of hydrogen-bond acceptors (Lipinski definition) is 1. The second-order valence-corrected chi connectivity index (χ2v) is 8.33. The molecule has 2 aliphatic carbocycles. The van der Waals surface area contributed by atoms with Crippen molar-refractivity contribution in [3.8, 4) is 11.1 Å². The first-order valence-electron chi connectivity index (χ1n) is 10.1. The normalized spacial score (nSPS) is 18.6. The van der Waals surface area contributed by atoms with Crippen molar-refractivity contribution in [2.75, 3.05) is 5.32 Å². The van der Waals surface area contributed by atoms with Crippen LogP contribution in [-0.2, 0) is 5.41 Å².